The van der Waals surface area contributed by atoms with Gasteiger partial charge >= 0.3 is 5.97 Å². The fourth-order valence-corrected chi connectivity index (χ4v) is 1.84. The first-order valence-electron chi connectivity index (χ1n) is 4.87. The van der Waals surface area contributed by atoms with Crippen LogP contribution >= 0.6 is 27.5 Å². The van der Waals surface area contributed by atoms with Crippen LogP contribution in [0.5, 0.6) is 11.5 Å². The van der Waals surface area contributed by atoms with Crippen molar-refractivity contribution in [2.45, 2.75) is 0 Å². The zero-order valence-corrected chi connectivity index (χ0v) is 11.3. The fraction of sp³-hybridized carbons (Fsp3) is 0. The van der Waals surface area contributed by atoms with Crippen LogP contribution in [0, 0.1) is 0 Å². The van der Waals surface area contributed by atoms with Gasteiger partial charge in [0.15, 0.2) is 0 Å². The second-order valence-electron chi connectivity index (χ2n) is 3.39. The quantitative estimate of drug-likeness (QED) is 0.925. The minimum absolute atomic E-state index is 0.0678. The molecule has 0 amide bonds. The number of carboxylic acid groups (broad SMARTS) is 1. The summed E-state index contributed by atoms with van der Waals surface area (Å²) in [4.78, 5) is 14.9. The molecule has 0 fully saturated rings. The first-order valence-corrected chi connectivity index (χ1v) is 6.04. The Morgan fingerprint density at radius 1 is 1.33 bits per heavy atom. The van der Waals surface area contributed by atoms with Gasteiger partial charge in [0.05, 0.1) is 11.2 Å². The first-order chi connectivity index (χ1) is 8.56. The largest absolute Gasteiger partial charge is 0.478 e. The van der Waals surface area contributed by atoms with E-state index in [9.17, 15) is 4.79 Å². The SMILES string of the molecule is O=C(O)c1ccc(Br)cc1Oc1cncc(Cl)c1. The van der Waals surface area contributed by atoms with E-state index in [2.05, 4.69) is 20.9 Å². The summed E-state index contributed by atoms with van der Waals surface area (Å²) in [5, 5.41) is 9.47. The van der Waals surface area contributed by atoms with E-state index in [1.807, 2.05) is 0 Å². The Balaban J connectivity index is 2.39. The van der Waals surface area contributed by atoms with Crippen LogP contribution in [0.3, 0.4) is 0 Å². The summed E-state index contributed by atoms with van der Waals surface area (Å²) in [6.07, 6.45) is 2.92. The van der Waals surface area contributed by atoms with Gasteiger partial charge in [-0.1, -0.05) is 27.5 Å². The lowest BCUT2D eigenvalue weighted by Gasteiger charge is -2.09. The highest BCUT2D eigenvalue weighted by molar-refractivity contribution is 9.10. The summed E-state index contributed by atoms with van der Waals surface area (Å²) < 4.78 is 6.19. The van der Waals surface area contributed by atoms with Gasteiger partial charge in [-0.05, 0) is 18.2 Å². The molecule has 4 nitrogen and oxygen atoms in total. The summed E-state index contributed by atoms with van der Waals surface area (Å²) in [6, 6.07) is 6.22. The van der Waals surface area contributed by atoms with Crippen molar-refractivity contribution in [2.24, 2.45) is 0 Å². The van der Waals surface area contributed by atoms with Crippen molar-refractivity contribution in [3.8, 4) is 11.5 Å². The molecule has 0 aliphatic carbocycles. The van der Waals surface area contributed by atoms with Crippen molar-refractivity contribution in [3.63, 3.8) is 0 Å². The maximum atomic E-state index is 11.1. The number of benzene rings is 1. The van der Waals surface area contributed by atoms with Crippen LogP contribution in [-0.4, -0.2) is 16.1 Å². The van der Waals surface area contributed by atoms with Gasteiger partial charge in [-0.2, -0.15) is 0 Å². The summed E-state index contributed by atoms with van der Waals surface area (Å²) >= 11 is 9.04. The van der Waals surface area contributed by atoms with E-state index in [1.165, 1.54) is 18.5 Å². The number of aromatic nitrogens is 1. The molecule has 0 aliphatic heterocycles. The van der Waals surface area contributed by atoms with E-state index < -0.39 is 5.97 Å². The van der Waals surface area contributed by atoms with Crippen LogP contribution in [0.1, 0.15) is 10.4 Å². The molecule has 0 unspecified atom stereocenters. The Morgan fingerprint density at radius 2 is 2.11 bits per heavy atom. The van der Waals surface area contributed by atoms with Crippen LogP contribution in [-0.2, 0) is 0 Å². The van der Waals surface area contributed by atoms with Crippen molar-refractivity contribution in [3.05, 3.63) is 51.7 Å². The maximum Gasteiger partial charge on any atom is 0.339 e. The van der Waals surface area contributed by atoms with Crippen LogP contribution in [0.15, 0.2) is 41.1 Å². The highest BCUT2D eigenvalue weighted by Crippen LogP contribution is 2.29. The van der Waals surface area contributed by atoms with Gasteiger partial charge in [-0.3, -0.25) is 4.98 Å². The van der Waals surface area contributed by atoms with Crippen molar-refractivity contribution in [1.82, 2.24) is 4.98 Å². The minimum atomic E-state index is -1.06. The normalized spacial score (nSPS) is 10.1. The molecule has 18 heavy (non-hydrogen) atoms. The predicted octanol–water partition coefficient (Wildman–Crippen LogP) is 3.99. The van der Waals surface area contributed by atoms with Gasteiger partial charge in [0, 0.05) is 16.7 Å². The lowest BCUT2D eigenvalue weighted by atomic mass is 10.2. The second-order valence-corrected chi connectivity index (χ2v) is 4.74. The van der Waals surface area contributed by atoms with Crippen LogP contribution in [0.4, 0.5) is 0 Å². The van der Waals surface area contributed by atoms with Crippen LogP contribution < -0.4 is 4.74 Å². The summed E-state index contributed by atoms with van der Waals surface area (Å²) in [6.45, 7) is 0. The molecule has 0 atom stereocenters. The van der Waals surface area contributed by atoms with E-state index in [4.69, 9.17) is 21.4 Å². The molecule has 0 spiro atoms. The van der Waals surface area contributed by atoms with Gasteiger partial charge in [0.2, 0.25) is 0 Å². The van der Waals surface area contributed by atoms with Crippen molar-refractivity contribution in [1.29, 1.82) is 0 Å². The average molecular weight is 329 g/mol. The number of rotatable bonds is 3. The summed E-state index contributed by atoms with van der Waals surface area (Å²) in [5.41, 5.74) is 0.0678. The molecule has 0 saturated heterocycles. The Morgan fingerprint density at radius 3 is 2.78 bits per heavy atom. The van der Waals surface area contributed by atoms with E-state index in [1.54, 1.807) is 18.2 Å². The molecular weight excluding hydrogens is 321 g/mol. The molecular formula is C12H7BrClNO3. The lowest BCUT2D eigenvalue weighted by molar-refractivity contribution is 0.0694. The molecule has 2 rings (SSSR count). The van der Waals surface area contributed by atoms with Gasteiger partial charge in [-0.15, -0.1) is 0 Å². The molecule has 0 radical (unpaired) electrons. The van der Waals surface area contributed by atoms with Gasteiger partial charge in [0.1, 0.15) is 17.1 Å². The number of halogens is 2. The zero-order valence-electron chi connectivity index (χ0n) is 8.93. The highest BCUT2D eigenvalue weighted by Gasteiger charge is 2.12. The molecule has 6 heteroatoms. The second kappa shape index (κ2) is 5.37. The lowest BCUT2D eigenvalue weighted by Crippen LogP contribution is -2.00. The third kappa shape index (κ3) is 3.00. The number of ether oxygens (including phenoxy) is 1. The molecule has 1 aromatic heterocycles. The highest BCUT2D eigenvalue weighted by atomic mass is 79.9. The molecule has 1 heterocycles. The average Bonchev–Trinajstić information content (AvgIpc) is 2.28. The molecule has 1 aromatic carbocycles. The number of hydrogen-bond acceptors (Lipinski definition) is 3. The number of nitrogens with zero attached hydrogens (tertiary/aromatic N) is 1. The number of carbonyl (C=O) groups is 1. The molecule has 2 aromatic rings. The van der Waals surface area contributed by atoms with Crippen molar-refractivity contribution in [2.75, 3.05) is 0 Å². The van der Waals surface area contributed by atoms with Gasteiger partial charge in [0.25, 0.3) is 0 Å². The Hall–Kier alpha value is -1.59. The fourth-order valence-electron chi connectivity index (χ4n) is 1.33. The third-order valence-corrected chi connectivity index (χ3v) is 2.78. The topological polar surface area (TPSA) is 59.4 Å². The van der Waals surface area contributed by atoms with E-state index in [0.717, 1.165) is 4.47 Å². The Labute approximate surface area is 116 Å². The van der Waals surface area contributed by atoms with E-state index in [-0.39, 0.29) is 11.3 Å². The molecule has 0 saturated carbocycles. The molecule has 1 N–H and O–H groups in total. The van der Waals surface area contributed by atoms with Crippen LogP contribution in [0.2, 0.25) is 5.02 Å². The number of hydrogen-bond donors (Lipinski definition) is 1. The third-order valence-electron chi connectivity index (χ3n) is 2.08. The van der Waals surface area contributed by atoms with Gasteiger partial charge in [-0.25, -0.2) is 4.79 Å². The standard InChI is InChI=1S/C12H7BrClNO3/c13-7-1-2-10(12(16)17)11(3-7)18-9-4-8(14)5-15-6-9/h1-6H,(H,16,17). The summed E-state index contributed by atoms with van der Waals surface area (Å²) in [7, 11) is 0. The smallest absolute Gasteiger partial charge is 0.339 e. The Kier molecular flexibility index (Phi) is 3.84. The number of pyridine rings is 1. The Bertz CT molecular complexity index is 604. The van der Waals surface area contributed by atoms with Crippen molar-refractivity contribution < 1.29 is 14.6 Å². The summed E-state index contributed by atoms with van der Waals surface area (Å²) in [5.74, 6) is -0.462. The monoisotopic (exact) mass is 327 g/mol. The van der Waals surface area contributed by atoms with Gasteiger partial charge < -0.3 is 9.84 Å². The van der Waals surface area contributed by atoms with Crippen LogP contribution in [0.25, 0.3) is 0 Å². The van der Waals surface area contributed by atoms with E-state index in [0.29, 0.717) is 10.8 Å². The predicted molar refractivity (Wildman–Crippen MR) is 70.4 cm³/mol. The molecule has 0 bridgehead atoms. The number of aromatic carboxylic acids is 1. The molecule has 0 aliphatic rings. The number of carboxylic acids is 1. The van der Waals surface area contributed by atoms with E-state index >= 15 is 0 Å². The first kappa shape index (κ1) is 12.9. The molecule has 92 valence electrons. The van der Waals surface area contributed by atoms with Crippen molar-refractivity contribution >= 4 is 33.5 Å². The minimum Gasteiger partial charge on any atom is -0.478 e. The zero-order chi connectivity index (χ0) is 13.1. The maximum absolute atomic E-state index is 11.1.